The van der Waals surface area contributed by atoms with Crippen LogP contribution in [0.2, 0.25) is 0 Å². The summed E-state index contributed by atoms with van der Waals surface area (Å²) in [5.41, 5.74) is -0.500. The van der Waals surface area contributed by atoms with Crippen molar-refractivity contribution in [1.82, 2.24) is 0 Å². The first kappa shape index (κ1) is 14.1. The Hall–Kier alpha value is -0.940. The van der Waals surface area contributed by atoms with Gasteiger partial charge in [0.1, 0.15) is 5.82 Å². The van der Waals surface area contributed by atoms with E-state index in [4.69, 9.17) is 4.74 Å². The van der Waals surface area contributed by atoms with Gasteiger partial charge in [0, 0.05) is 7.11 Å². The molecule has 96 valence electrons. The Morgan fingerprint density at radius 1 is 1.35 bits per heavy atom. The molecule has 0 saturated heterocycles. The van der Waals surface area contributed by atoms with E-state index in [2.05, 4.69) is 0 Å². The first-order valence-electron chi connectivity index (χ1n) is 5.30. The molecule has 5 heteroatoms. The number of sulfone groups is 1. The van der Waals surface area contributed by atoms with E-state index in [0.29, 0.717) is 6.42 Å². The van der Waals surface area contributed by atoms with E-state index in [1.807, 2.05) is 13.8 Å². The minimum Gasteiger partial charge on any atom is -0.379 e. The molecule has 1 rings (SSSR count). The molecule has 0 radical (unpaired) electrons. The van der Waals surface area contributed by atoms with E-state index in [1.54, 1.807) is 0 Å². The third kappa shape index (κ3) is 4.09. The molecule has 0 saturated carbocycles. The molecule has 0 fully saturated rings. The average molecular weight is 260 g/mol. The summed E-state index contributed by atoms with van der Waals surface area (Å²) in [4.78, 5) is 0.0180. The van der Waals surface area contributed by atoms with Gasteiger partial charge in [0.05, 0.1) is 16.2 Å². The largest absolute Gasteiger partial charge is 0.379 e. The molecule has 0 aliphatic heterocycles. The molecule has 0 spiro atoms. The minimum atomic E-state index is -3.45. The fourth-order valence-corrected chi connectivity index (χ4v) is 2.83. The topological polar surface area (TPSA) is 43.4 Å². The maximum absolute atomic E-state index is 12.9. The summed E-state index contributed by atoms with van der Waals surface area (Å²) < 4.78 is 42.0. The second-order valence-electron chi connectivity index (χ2n) is 4.49. The Kier molecular flexibility index (Phi) is 4.27. The molecule has 0 unspecified atom stereocenters. The summed E-state index contributed by atoms with van der Waals surface area (Å²) in [6.07, 6.45) is 0.363. The van der Waals surface area contributed by atoms with Crippen molar-refractivity contribution in [1.29, 1.82) is 0 Å². The molecule has 0 aromatic heterocycles. The van der Waals surface area contributed by atoms with Crippen LogP contribution in [0.15, 0.2) is 29.2 Å². The Morgan fingerprint density at radius 2 is 2.00 bits per heavy atom. The first-order chi connectivity index (χ1) is 7.77. The molecule has 17 heavy (non-hydrogen) atoms. The van der Waals surface area contributed by atoms with Crippen molar-refractivity contribution in [2.24, 2.45) is 0 Å². The summed E-state index contributed by atoms with van der Waals surface area (Å²) in [5.74, 6) is -0.603. The van der Waals surface area contributed by atoms with Crippen LogP contribution in [0.5, 0.6) is 0 Å². The van der Waals surface area contributed by atoms with Gasteiger partial charge in [-0.15, -0.1) is 0 Å². The van der Waals surface area contributed by atoms with Crippen LogP contribution in [-0.4, -0.2) is 26.9 Å². The van der Waals surface area contributed by atoms with Crippen molar-refractivity contribution in [2.45, 2.75) is 30.8 Å². The van der Waals surface area contributed by atoms with Gasteiger partial charge in [-0.05, 0) is 38.5 Å². The third-order valence-electron chi connectivity index (χ3n) is 2.68. The number of benzene rings is 1. The van der Waals surface area contributed by atoms with Gasteiger partial charge >= 0.3 is 0 Å². The second kappa shape index (κ2) is 5.14. The molecule has 0 aliphatic rings. The van der Waals surface area contributed by atoms with Gasteiger partial charge in [0.2, 0.25) is 0 Å². The van der Waals surface area contributed by atoms with Crippen LogP contribution in [0.3, 0.4) is 0 Å². The SMILES string of the molecule is COC(C)(C)CCS(=O)(=O)c1cccc(F)c1. The van der Waals surface area contributed by atoms with Gasteiger partial charge in [0.25, 0.3) is 0 Å². The first-order valence-corrected chi connectivity index (χ1v) is 6.95. The minimum absolute atomic E-state index is 0.0180. The number of methoxy groups -OCH3 is 1. The number of ether oxygens (including phenoxy) is 1. The highest BCUT2D eigenvalue weighted by Gasteiger charge is 2.22. The Bertz CT molecular complexity index is 480. The van der Waals surface area contributed by atoms with Crippen molar-refractivity contribution in [2.75, 3.05) is 12.9 Å². The Balaban J connectivity index is 2.83. The second-order valence-corrected chi connectivity index (χ2v) is 6.60. The van der Waals surface area contributed by atoms with Crippen molar-refractivity contribution >= 4 is 9.84 Å². The molecule has 0 aliphatic carbocycles. The maximum Gasteiger partial charge on any atom is 0.178 e. The fourth-order valence-electron chi connectivity index (χ4n) is 1.26. The lowest BCUT2D eigenvalue weighted by Gasteiger charge is -2.22. The molecular formula is C12H17FO3S. The fraction of sp³-hybridized carbons (Fsp3) is 0.500. The van der Waals surface area contributed by atoms with E-state index >= 15 is 0 Å². The Labute approximate surface area is 102 Å². The highest BCUT2D eigenvalue weighted by Crippen LogP contribution is 2.19. The lowest BCUT2D eigenvalue weighted by molar-refractivity contribution is 0.0203. The number of hydrogen-bond donors (Lipinski definition) is 0. The van der Waals surface area contributed by atoms with Crippen LogP contribution in [0.1, 0.15) is 20.3 Å². The highest BCUT2D eigenvalue weighted by atomic mass is 32.2. The van der Waals surface area contributed by atoms with Crippen molar-refractivity contribution in [3.05, 3.63) is 30.1 Å². The Morgan fingerprint density at radius 3 is 2.53 bits per heavy atom. The predicted octanol–water partition coefficient (Wildman–Crippen LogP) is 2.41. The zero-order valence-electron chi connectivity index (χ0n) is 10.2. The summed E-state index contributed by atoms with van der Waals surface area (Å²) in [6, 6.07) is 5.05. The van der Waals surface area contributed by atoms with Gasteiger partial charge in [-0.3, -0.25) is 0 Å². The van der Waals surface area contributed by atoms with Gasteiger partial charge in [0.15, 0.2) is 9.84 Å². The predicted molar refractivity (Wildman–Crippen MR) is 64.2 cm³/mol. The van der Waals surface area contributed by atoms with E-state index in [9.17, 15) is 12.8 Å². The summed E-state index contributed by atoms with van der Waals surface area (Å²) >= 11 is 0. The molecule has 0 heterocycles. The quantitative estimate of drug-likeness (QED) is 0.816. The molecule has 0 atom stereocenters. The normalized spacial score (nSPS) is 12.7. The van der Waals surface area contributed by atoms with Crippen molar-refractivity contribution < 1.29 is 17.5 Å². The zero-order valence-corrected chi connectivity index (χ0v) is 11.1. The van der Waals surface area contributed by atoms with Gasteiger partial charge < -0.3 is 4.74 Å². The molecule has 1 aromatic carbocycles. The highest BCUT2D eigenvalue weighted by molar-refractivity contribution is 7.91. The van der Waals surface area contributed by atoms with E-state index in [1.165, 1.54) is 25.3 Å². The van der Waals surface area contributed by atoms with Gasteiger partial charge in [-0.2, -0.15) is 0 Å². The molecule has 3 nitrogen and oxygen atoms in total. The van der Waals surface area contributed by atoms with Gasteiger partial charge in [-0.25, -0.2) is 12.8 Å². The average Bonchev–Trinajstić information content (AvgIpc) is 2.27. The number of hydrogen-bond acceptors (Lipinski definition) is 3. The van der Waals surface area contributed by atoms with Gasteiger partial charge in [-0.1, -0.05) is 6.07 Å². The van der Waals surface area contributed by atoms with Crippen LogP contribution in [0.25, 0.3) is 0 Å². The molecule has 0 bridgehead atoms. The van der Waals surface area contributed by atoms with E-state index < -0.39 is 21.3 Å². The standard InChI is InChI=1S/C12H17FO3S/c1-12(2,16-3)7-8-17(14,15)11-6-4-5-10(13)9-11/h4-6,9H,7-8H2,1-3H3. The smallest absolute Gasteiger partial charge is 0.178 e. The third-order valence-corrected chi connectivity index (χ3v) is 4.39. The molecule has 0 N–H and O–H groups in total. The summed E-state index contributed by atoms with van der Waals surface area (Å²) in [7, 11) is -1.91. The number of halogens is 1. The maximum atomic E-state index is 12.9. The van der Waals surface area contributed by atoms with Crippen LogP contribution in [0, 0.1) is 5.82 Å². The lowest BCUT2D eigenvalue weighted by Crippen LogP contribution is -2.26. The van der Waals surface area contributed by atoms with E-state index in [-0.39, 0.29) is 10.6 Å². The van der Waals surface area contributed by atoms with E-state index in [0.717, 1.165) is 6.07 Å². The summed E-state index contributed by atoms with van der Waals surface area (Å²) in [5, 5.41) is 0. The van der Waals surface area contributed by atoms with Crippen LogP contribution < -0.4 is 0 Å². The van der Waals surface area contributed by atoms with Crippen LogP contribution >= 0.6 is 0 Å². The molecule has 0 amide bonds. The molecule has 1 aromatic rings. The lowest BCUT2D eigenvalue weighted by atomic mass is 10.1. The van der Waals surface area contributed by atoms with Crippen molar-refractivity contribution in [3.63, 3.8) is 0 Å². The zero-order chi connectivity index (χ0) is 13.1. The summed E-state index contributed by atoms with van der Waals surface area (Å²) in [6.45, 7) is 3.63. The monoisotopic (exact) mass is 260 g/mol. The number of rotatable bonds is 5. The molecular weight excluding hydrogens is 243 g/mol. The van der Waals surface area contributed by atoms with Crippen molar-refractivity contribution in [3.8, 4) is 0 Å². The van der Waals surface area contributed by atoms with Crippen LogP contribution in [0.4, 0.5) is 4.39 Å². The van der Waals surface area contributed by atoms with Crippen LogP contribution in [-0.2, 0) is 14.6 Å².